The van der Waals surface area contributed by atoms with E-state index in [1.165, 1.54) is 5.69 Å². The molecule has 1 aliphatic rings. The number of benzene rings is 1. The van der Waals surface area contributed by atoms with Crippen molar-refractivity contribution in [2.24, 2.45) is 0 Å². The van der Waals surface area contributed by atoms with Gasteiger partial charge >= 0.3 is 0 Å². The highest BCUT2D eigenvalue weighted by molar-refractivity contribution is 5.52. The van der Waals surface area contributed by atoms with Crippen molar-refractivity contribution in [2.75, 3.05) is 36.0 Å². The number of nitrogens with zero attached hydrogens (tertiary/aromatic N) is 3. The summed E-state index contributed by atoms with van der Waals surface area (Å²) in [5, 5.41) is 9.89. The lowest BCUT2D eigenvalue weighted by atomic mass is 10.1. The number of rotatable bonds is 3. The number of anilines is 2. The zero-order chi connectivity index (χ0) is 14.7. The Kier molecular flexibility index (Phi) is 4.06. The minimum Gasteiger partial charge on any atom is -0.389 e. The molecule has 0 aliphatic carbocycles. The van der Waals surface area contributed by atoms with Gasteiger partial charge in [0.05, 0.1) is 6.10 Å². The predicted molar refractivity (Wildman–Crippen MR) is 85.7 cm³/mol. The van der Waals surface area contributed by atoms with Gasteiger partial charge in [-0.25, -0.2) is 4.98 Å². The van der Waals surface area contributed by atoms with E-state index in [0.717, 1.165) is 37.6 Å². The van der Waals surface area contributed by atoms with Crippen molar-refractivity contribution in [2.45, 2.75) is 13.0 Å². The highest BCUT2D eigenvalue weighted by Crippen LogP contribution is 2.25. The van der Waals surface area contributed by atoms with Crippen LogP contribution in [0.4, 0.5) is 11.5 Å². The lowest BCUT2D eigenvalue weighted by molar-refractivity contribution is 0.199. The summed E-state index contributed by atoms with van der Waals surface area (Å²) in [5.41, 5.74) is 2.18. The van der Waals surface area contributed by atoms with E-state index in [1.807, 2.05) is 18.2 Å². The third kappa shape index (κ3) is 3.00. The second-order valence-electron chi connectivity index (χ2n) is 5.40. The second kappa shape index (κ2) is 6.14. The van der Waals surface area contributed by atoms with Crippen LogP contribution in [0.3, 0.4) is 0 Å². The lowest BCUT2D eigenvalue weighted by Crippen LogP contribution is -2.47. The van der Waals surface area contributed by atoms with Crippen molar-refractivity contribution >= 4 is 11.5 Å². The molecule has 1 aromatic carbocycles. The highest BCUT2D eigenvalue weighted by Gasteiger charge is 2.21. The highest BCUT2D eigenvalue weighted by atomic mass is 16.3. The summed E-state index contributed by atoms with van der Waals surface area (Å²) in [6.07, 6.45) is 1.31. The van der Waals surface area contributed by atoms with Crippen molar-refractivity contribution < 1.29 is 5.11 Å². The normalized spacial score (nSPS) is 16.9. The van der Waals surface area contributed by atoms with Crippen molar-refractivity contribution in [3.63, 3.8) is 0 Å². The predicted octanol–water partition coefficient (Wildman–Crippen LogP) is 2.46. The third-order valence-corrected chi connectivity index (χ3v) is 3.97. The molecule has 110 valence electrons. The molecule has 21 heavy (non-hydrogen) atoms. The Bertz CT molecular complexity index is 578. The average Bonchev–Trinajstić information content (AvgIpc) is 2.56. The van der Waals surface area contributed by atoms with Crippen LogP contribution in [0.15, 0.2) is 48.7 Å². The number of para-hydroxylation sites is 1. The number of aliphatic hydroxyl groups is 1. The largest absolute Gasteiger partial charge is 0.389 e. The van der Waals surface area contributed by atoms with Crippen LogP contribution in [0, 0.1) is 0 Å². The summed E-state index contributed by atoms with van der Waals surface area (Å²) in [6, 6.07) is 14.3. The van der Waals surface area contributed by atoms with Crippen LogP contribution >= 0.6 is 0 Å². The molecule has 4 nitrogen and oxygen atoms in total. The summed E-state index contributed by atoms with van der Waals surface area (Å²) >= 11 is 0. The lowest BCUT2D eigenvalue weighted by Gasteiger charge is -2.37. The van der Waals surface area contributed by atoms with Gasteiger partial charge in [0.25, 0.3) is 0 Å². The summed E-state index contributed by atoms with van der Waals surface area (Å²) < 4.78 is 0. The third-order valence-electron chi connectivity index (χ3n) is 3.97. The van der Waals surface area contributed by atoms with Crippen LogP contribution in [-0.2, 0) is 0 Å². The Morgan fingerprint density at radius 2 is 1.62 bits per heavy atom. The molecule has 1 aliphatic heterocycles. The molecule has 4 heteroatoms. The standard InChI is InChI=1S/C17H21N3O/c1-14(21)16-8-5-9-18-17(16)20-12-10-19(11-13-20)15-6-3-2-4-7-15/h2-9,14,21H,10-13H2,1H3/t14-/m0/s1. The number of hydrogen-bond donors (Lipinski definition) is 1. The molecule has 1 saturated heterocycles. The summed E-state index contributed by atoms with van der Waals surface area (Å²) in [6.45, 7) is 5.58. The van der Waals surface area contributed by atoms with Crippen molar-refractivity contribution in [3.05, 3.63) is 54.2 Å². The Labute approximate surface area is 125 Å². The van der Waals surface area contributed by atoms with E-state index in [0.29, 0.717) is 0 Å². The maximum Gasteiger partial charge on any atom is 0.134 e. The van der Waals surface area contributed by atoms with Gasteiger partial charge in [-0.1, -0.05) is 24.3 Å². The fourth-order valence-corrected chi connectivity index (χ4v) is 2.81. The van der Waals surface area contributed by atoms with Crippen LogP contribution < -0.4 is 9.80 Å². The summed E-state index contributed by atoms with van der Waals surface area (Å²) in [4.78, 5) is 9.12. The van der Waals surface area contributed by atoms with Crippen molar-refractivity contribution in [1.82, 2.24) is 4.98 Å². The van der Waals surface area contributed by atoms with E-state index in [1.54, 1.807) is 13.1 Å². The van der Waals surface area contributed by atoms with E-state index < -0.39 is 6.10 Å². The van der Waals surface area contributed by atoms with Gasteiger partial charge in [-0.3, -0.25) is 0 Å². The fourth-order valence-electron chi connectivity index (χ4n) is 2.81. The van der Waals surface area contributed by atoms with Crippen LogP contribution in [0.2, 0.25) is 0 Å². The molecule has 0 saturated carbocycles. The van der Waals surface area contributed by atoms with Gasteiger partial charge in [0, 0.05) is 43.6 Å². The van der Waals surface area contributed by atoms with Crippen LogP contribution in [0.5, 0.6) is 0 Å². The maximum absolute atomic E-state index is 9.89. The van der Waals surface area contributed by atoms with Gasteiger partial charge in [0.2, 0.25) is 0 Å². The van der Waals surface area contributed by atoms with Crippen LogP contribution in [0.25, 0.3) is 0 Å². The zero-order valence-electron chi connectivity index (χ0n) is 12.3. The molecule has 0 amide bonds. The zero-order valence-corrected chi connectivity index (χ0v) is 12.3. The first kappa shape index (κ1) is 13.9. The topological polar surface area (TPSA) is 39.6 Å². The average molecular weight is 283 g/mol. The maximum atomic E-state index is 9.89. The molecule has 3 rings (SSSR count). The molecule has 2 aromatic rings. The van der Waals surface area contributed by atoms with Crippen molar-refractivity contribution in [3.8, 4) is 0 Å². The number of piperazine rings is 1. The SMILES string of the molecule is C[C@H](O)c1cccnc1N1CCN(c2ccccc2)CC1. The minimum atomic E-state index is -0.485. The number of aliphatic hydroxyl groups excluding tert-OH is 1. The Hall–Kier alpha value is -2.07. The van der Waals surface area contributed by atoms with E-state index in [2.05, 4.69) is 39.0 Å². The molecule has 1 fully saturated rings. The van der Waals surface area contributed by atoms with E-state index in [9.17, 15) is 5.11 Å². The van der Waals surface area contributed by atoms with E-state index >= 15 is 0 Å². The smallest absolute Gasteiger partial charge is 0.134 e. The monoisotopic (exact) mass is 283 g/mol. The van der Waals surface area contributed by atoms with E-state index in [4.69, 9.17) is 0 Å². The summed E-state index contributed by atoms with van der Waals surface area (Å²) in [5.74, 6) is 0.917. The number of hydrogen-bond acceptors (Lipinski definition) is 4. The number of pyridine rings is 1. The van der Waals surface area contributed by atoms with Gasteiger partial charge in [-0.15, -0.1) is 0 Å². The molecule has 0 radical (unpaired) electrons. The van der Waals surface area contributed by atoms with Crippen molar-refractivity contribution in [1.29, 1.82) is 0 Å². The van der Waals surface area contributed by atoms with Gasteiger partial charge in [-0.05, 0) is 25.1 Å². The molecule has 0 bridgehead atoms. The molecular formula is C17H21N3O. The summed E-state index contributed by atoms with van der Waals surface area (Å²) in [7, 11) is 0. The first-order valence-electron chi connectivity index (χ1n) is 7.43. The molecule has 0 spiro atoms. The molecule has 2 heterocycles. The molecule has 1 N–H and O–H groups in total. The molecular weight excluding hydrogens is 262 g/mol. The molecule has 1 aromatic heterocycles. The Balaban J connectivity index is 1.72. The van der Waals surface area contributed by atoms with E-state index in [-0.39, 0.29) is 0 Å². The quantitative estimate of drug-likeness (QED) is 0.939. The number of aromatic nitrogens is 1. The minimum absolute atomic E-state index is 0.485. The van der Waals surface area contributed by atoms with Gasteiger partial charge in [0.1, 0.15) is 5.82 Å². The van der Waals surface area contributed by atoms with Gasteiger partial charge in [0.15, 0.2) is 0 Å². The van der Waals surface area contributed by atoms with Gasteiger partial charge < -0.3 is 14.9 Å². The first-order valence-corrected chi connectivity index (χ1v) is 7.43. The van der Waals surface area contributed by atoms with Crippen LogP contribution in [-0.4, -0.2) is 36.3 Å². The van der Waals surface area contributed by atoms with Gasteiger partial charge in [-0.2, -0.15) is 0 Å². The Morgan fingerprint density at radius 1 is 0.952 bits per heavy atom. The molecule has 0 unspecified atom stereocenters. The Morgan fingerprint density at radius 3 is 2.29 bits per heavy atom. The second-order valence-corrected chi connectivity index (χ2v) is 5.40. The first-order chi connectivity index (χ1) is 10.3. The fraction of sp³-hybridized carbons (Fsp3) is 0.353. The molecule has 1 atom stereocenters. The van der Waals surface area contributed by atoms with Crippen LogP contribution in [0.1, 0.15) is 18.6 Å².